The van der Waals surface area contributed by atoms with Crippen molar-refractivity contribution in [2.45, 2.75) is 6.54 Å². The van der Waals surface area contributed by atoms with Crippen molar-refractivity contribution in [2.75, 3.05) is 0 Å². The molecule has 4 nitrogen and oxygen atoms in total. The summed E-state index contributed by atoms with van der Waals surface area (Å²) in [5.41, 5.74) is 0.356. The van der Waals surface area contributed by atoms with Gasteiger partial charge in [-0.25, -0.2) is 4.79 Å². The third-order valence-corrected chi connectivity index (χ3v) is 4.94. The number of carbonyl (C=O) groups is 2. The quantitative estimate of drug-likeness (QED) is 0.786. The molecule has 0 aliphatic heterocycles. The smallest absolute Gasteiger partial charge is 0.328 e. The Labute approximate surface area is 138 Å². The van der Waals surface area contributed by atoms with E-state index < -0.39 is 5.97 Å². The average Bonchev–Trinajstić information content (AvgIpc) is 3.00. The maximum Gasteiger partial charge on any atom is 0.328 e. The topological polar surface area (TPSA) is 66.4 Å². The lowest BCUT2D eigenvalue weighted by Gasteiger charge is -2.01. The molecular weight excluding hydrogens is 353 g/mol. The van der Waals surface area contributed by atoms with Crippen molar-refractivity contribution in [2.24, 2.45) is 0 Å². The first kappa shape index (κ1) is 16.0. The number of amides is 1. The number of thiophene rings is 2. The van der Waals surface area contributed by atoms with Crippen LogP contribution >= 0.6 is 45.9 Å². The van der Waals surface area contributed by atoms with E-state index in [2.05, 4.69) is 5.32 Å². The van der Waals surface area contributed by atoms with Gasteiger partial charge in [0.05, 0.1) is 16.4 Å². The molecule has 0 aromatic carbocycles. The summed E-state index contributed by atoms with van der Waals surface area (Å²) in [6.45, 7) is 0.341. The molecule has 0 spiro atoms. The Hall–Kier alpha value is -1.34. The highest BCUT2D eigenvalue weighted by molar-refractivity contribution is 7.20. The largest absolute Gasteiger partial charge is 0.478 e. The summed E-state index contributed by atoms with van der Waals surface area (Å²) < 4.78 is 0.816. The van der Waals surface area contributed by atoms with Gasteiger partial charge in [0.2, 0.25) is 0 Å². The van der Waals surface area contributed by atoms with Crippen LogP contribution in [-0.4, -0.2) is 17.0 Å². The van der Waals surface area contributed by atoms with E-state index in [0.717, 1.165) is 27.2 Å². The summed E-state index contributed by atoms with van der Waals surface area (Å²) in [7, 11) is 0. The van der Waals surface area contributed by atoms with Crippen LogP contribution in [0.5, 0.6) is 0 Å². The zero-order chi connectivity index (χ0) is 15.4. The molecule has 0 radical (unpaired) electrons. The van der Waals surface area contributed by atoms with Gasteiger partial charge < -0.3 is 10.4 Å². The monoisotopic (exact) mass is 361 g/mol. The van der Waals surface area contributed by atoms with Crippen molar-refractivity contribution < 1.29 is 14.7 Å². The Kier molecular flexibility index (Phi) is 5.41. The summed E-state index contributed by atoms with van der Waals surface area (Å²) in [6.07, 6.45) is 2.58. The Bertz CT molecular complexity index is 706. The average molecular weight is 362 g/mol. The molecule has 0 fully saturated rings. The summed E-state index contributed by atoms with van der Waals surface area (Å²) in [5.74, 6) is -1.29. The van der Waals surface area contributed by atoms with Crippen LogP contribution in [0.4, 0.5) is 0 Å². The molecule has 0 aliphatic rings. The van der Waals surface area contributed by atoms with Crippen LogP contribution in [0.25, 0.3) is 6.08 Å². The van der Waals surface area contributed by atoms with Crippen molar-refractivity contribution in [3.8, 4) is 0 Å². The fourth-order valence-electron chi connectivity index (χ4n) is 1.49. The second kappa shape index (κ2) is 7.09. The molecule has 0 saturated heterocycles. The zero-order valence-electron chi connectivity index (χ0n) is 10.4. The van der Waals surface area contributed by atoms with Gasteiger partial charge in [0.1, 0.15) is 4.34 Å². The molecule has 0 unspecified atom stereocenters. The molecule has 2 rings (SSSR count). The highest BCUT2D eigenvalue weighted by atomic mass is 35.5. The fourth-order valence-corrected chi connectivity index (χ4v) is 3.80. The molecule has 0 saturated carbocycles. The van der Waals surface area contributed by atoms with E-state index in [1.807, 2.05) is 6.07 Å². The zero-order valence-corrected chi connectivity index (χ0v) is 13.6. The Balaban J connectivity index is 1.95. The number of aliphatic carboxylic acids is 1. The van der Waals surface area contributed by atoms with Gasteiger partial charge in [0.25, 0.3) is 5.91 Å². The molecule has 1 amide bonds. The Morgan fingerprint density at radius 3 is 2.67 bits per heavy atom. The molecule has 21 heavy (non-hydrogen) atoms. The van der Waals surface area contributed by atoms with E-state index in [0.29, 0.717) is 20.8 Å². The van der Waals surface area contributed by atoms with Crippen LogP contribution < -0.4 is 5.32 Å². The maximum atomic E-state index is 11.9. The molecule has 0 bridgehead atoms. The number of rotatable bonds is 5. The van der Waals surface area contributed by atoms with Gasteiger partial charge >= 0.3 is 5.97 Å². The van der Waals surface area contributed by atoms with Gasteiger partial charge in [0, 0.05) is 15.8 Å². The third kappa shape index (κ3) is 4.57. The van der Waals surface area contributed by atoms with Crippen LogP contribution in [0, 0.1) is 0 Å². The standard InChI is InChI=1S/C13H9Cl2NO3S2/c14-10-5-9(12(15)21-10)13(19)16-6-8-2-1-7(20-8)3-4-11(17)18/h1-5H,6H2,(H,16,19)(H,17,18)/b4-3+. The van der Waals surface area contributed by atoms with Crippen LogP contribution in [0.2, 0.25) is 8.67 Å². The first-order chi connectivity index (χ1) is 9.95. The summed E-state index contributed by atoms with van der Waals surface area (Å²) in [4.78, 5) is 24.1. The molecular formula is C13H9Cl2NO3S2. The number of hydrogen-bond donors (Lipinski definition) is 2. The Morgan fingerprint density at radius 1 is 1.29 bits per heavy atom. The first-order valence-corrected chi connectivity index (χ1v) is 8.07. The number of carbonyl (C=O) groups excluding carboxylic acids is 1. The summed E-state index contributed by atoms with van der Waals surface area (Å²) in [6, 6.07) is 5.15. The number of carboxylic acid groups (broad SMARTS) is 1. The summed E-state index contributed by atoms with van der Waals surface area (Å²) >= 11 is 14.2. The number of hydrogen-bond acceptors (Lipinski definition) is 4. The van der Waals surface area contributed by atoms with Crippen LogP contribution in [0.3, 0.4) is 0 Å². The third-order valence-electron chi connectivity index (χ3n) is 2.40. The molecule has 8 heteroatoms. The van der Waals surface area contributed by atoms with Crippen LogP contribution in [0.15, 0.2) is 24.3 Å². The fraction of sp³-hybridized carbons (Fsp3) is 0.0769. The normalized spacial score (nSPS) is 11.0. The maximum absolute atomic E-state index is 11.9. The lowest BCUT2D eigenvalue weighted by Crippen LogP contribution is -2.21. The minimum Gasteiger partial charge on any atom is -0.478 e. The minimum absolute atomic E-state index is 0.292. The van der Waals surface area contributed by atoms with Gasteiger partial charge in [-0.15, -0.1) is 22.7 Å². The molecule has 2 heterocycles. The predicted octanol–water partition coefficient (Wildman–Crippen LogP) is 4.14. The number of nitrogens with one attached hydrogen (secondary N) is 1. The molecule has 2 aromatic heterocycles. The van der Waals surface area contributed by atoms with E-state index in [1.54, 1.807) is 6.07 Å². The van der Waals surface area contributed by atoms with E-state index in [1.165, 1.54) is 23.5 Å². The van der Waals surface area contributed by atoms with E-state index in [4.69, 9.17) is 28.3 Å². The van der Waals surface area contributed by atoms with Crippen molar-refractivity contribution in [3.05, 3.63) is 48.3 Å². The molecule has 0 atom stereocenters. The van der Waals surface area contributed by atoms with Gasteiger partial charge in [0.15, 0.2) is 0 Å². The van der Waals surface area contributed by atoms with Gasteiger partial charge in [-0.1, -0.05) is 23.2 Å². The van der Waals surface area contributed by atoms with E-state index in [9.17, 15) is 9.59 Å². The van der Waals surface area contributed by atoms with Gasteiger partial charge in [-0.2, -0.15) is 0 Å². The Morgan fingerprint density at radius 2 is 2.05 bits per heavy atom. The predicted molar refractivity (Wildman–Crippen MR) is 86.5 cm³/mol. The van der Waals surface area contributed by atoms with Crippen molar-refractivity contribution in [3.63, 3.8) is 0 Å². The van der Waals surface area contributed by atoms with Gasteiger partial charge in [-0.05, 0) is 24.3 Å². The van der Waals surface area contributed by atoms with Crippen LogP contribution in [-0.2, 0) is 11.3 Å². The lowest BCUT2D eigenvalue weighted by molar-refractivity contribution is -0.131. The van der Waals surface area contributed by atoms with Crippen molar-refractivity contribution >= 4 is 63.8 Å². The van der Waals surface area contributed by atoms with Crippen molar-refractivity contribution in [1.29, 1.82) is 0 Å². The van der Waals surface area contributed by atoms with Crippen molar-refractivity contribution in [1.82, 2.24) is 5.32 Å². The second-order valence-corrected chi connectivity index (χ2v) is 7.38. The highest BCUT2D eigenvalue weighted by Gasteiger charge is 2.14. The summed E-state index contributed by atoms with van der Waals surface area (Å²) in [5, 5.41) is 11.3. The molecule has 2 aromatic rings. The second-order valence-electron chi connectivity index (χ2n) is 3.90. The first-order valence-electron chi connectivity index (χ1n) is 5.68. The van der Waals surface area contributed by atoms with Crippen LogP contribution in [0.1, 0.15) is 20.1 Å². The van der Waals surface area contributed by atoms with E-state index >= 15 is 0 Å². The SMILES string of the molecule is O=C(O)/C=C/c1ccc(CNC(=O)c2cc(Cl)sc2Cl)s1. The number of halogens is 2. The highest BCUT2D eigenvalue weighted by Crippen LogP contribution is 2.31. The van der Waals surface area contributed by atoms with Gasteiger partial charge in [-0.3, -0.25) is 4.79 Å². The van der Waals surface area contributed by atoms with E-state index in [-0.39, 0.29) is 5.91 Å². The lowest BCUT2D eigenvalue weighted by atomic mass is 10.3. The molecule has 2 N–H and O–H groups in total. The molecule has 0 aliphatic carbocycles. The minimum atomic E-state index is -0.998. The molecule has 110 valence electrons. The number of carboxylic acids is 1.